The molecule has 2 unspecified atom stereocenters. The van der Waals surface area contributed by atoms with E-state index in [-0.39, 0.29) is 0 Å². The highest BCUT2D eigenvalue weighted by Crippen LogP contribution is 2.75. The lowest BCUT2D eigenvalue weighted by Gasteiger charge is -2.37. The molecule has 2 fully saturated rings. The number of rotatable bonds is 0. The molecule has 15 heteroatoms. The first-order valence-electron chi connectivity index (χ1n) is 4.64. The van der Waals surface area contributed by atoms with Crippen LogP contribution in [0.15, 0.2) is 0 Å². The first kappa shape index (κ1) is 16.7. The largest absolute Gasteiger partial charge is 0.397 e. The van der Waals surface area contributed by atoms with Crippen molar-refractivity contribution in [3.63, 3.8) is 0 Å². The topological polar surface area (TPSA) is 86.7 Å². The van der Waals surface area contributed by atoms with Gasteiger partial charge in [-0.2, -0.15) is 47.4 Å². The van der Waals surface area contributed by atoms with Crippen molar-refractivity contribution in [2.45, 2.75) is 29.4 Å². The quantitative estimate of drug-likeness (QED) is 0.471. The number of hydrogen-bond acceptors (Lipinski definition) is 6. The Morgan fingerprint density at radius 2 is 1.05 bits per heavy atom. The lowest BCUT2D eigenvalue weighted by atomic mass is 9.79. The summed E-state index contributed by atoms with van der Waals surface area (Å²) in [5, 5.41) is -12.6. The summed E-state index contributed by atoms with van der Waals surface area (Å²) in [6.07, 6.45) is -6.11. The van der Waals surface area contributed by atoms with Crippen molar-refractivity contribution in [3.8, 4) is 0 Å². The monoisotopic (exact) mass is 368 g/mol. The van der Waals surface area contributed by atoms with Gasteiger partial charge in [0, 0.05) is 0 Å². The first-order valence-corrected chi connectivity index (χ1v) is 7.46. The molecule has 6 nitrogen and oxygen atoms in total. The molecule has 21 heavy (non-hydrogen) atoms. The molecule has 2 aliphatic heterocycles. The highest BCUT2D eigenvalue weighted by atomic mass is 32.2. The summed E-state index contributed by atoms with van der Waals surface area (Å²) in [5.74, 6) is -4.98. The van der Waals surface area contributed by atoms with Gasteiger partial charge in [0.05, 0.1) is 0 Å². The molecule has 2 aliphatic rings. The molecule has 0 aromatic heterocycles. The van der Waals surface area contributed by atoms with E-state index in [0.717, 1.165) is 0 Å². The molecule has 0 bridgehead atoms. The van der Waals surface area contributed by atoms with Gasteiger partial charge in [0.2, 0.25) is 0 Å². The highest BCUT2D eigenvalue weighted by molar-refractivity contribution is 7.89. The Morgan fingerprint density at radius 1 is 0.714 bits per heavy atom. The van der Waals surface area contributed by atoms with Gasteiger partial charge < -0.3 is 0 Å². The second-order valence-corrected chi connectivity index (χ2v) is 7.47. The number of alkyl halides is 7. The van der Waals surface area contributed by atoms with E-state index >= 15 is 0 Å². The van der Waals surface area contributed by atoms with Gasteiger partial charge in [0.15, 0.2) is 0 Å². The Bertz CT molecular complexity index is 646. The Morgan fingerprint density at radius 3 is 1.29 bits per heavy atom. The van der Waals surface area contributed by atoms with Crippen LogP contribution in [0.3, 0.4) is 0 Å². The lowest BCUT2D eigenvalue weighted by molar-refractivity contribution is -0.368. The Balaban J connectivity index is 3.06. The molecule has 2 heterocycles. The van der Waals surface area contributed by atoms with Crippen LogP contribution >= 0.6 is 0 Å². The lowest BCUT2D eigenvalue weighted by Crippen LogP contribution is -2.66. The van der Waals surface area contributed by atoms with Crippen molar-refractivity contribution >= 4 is 20.2 Å². The summed E-state index contributed by atoms with van der Waals surface area (Å²) in [6, 6.07) is 0. The molecule has 0 aromatic carbocycles. The number of halogens is 7. The summed E-state index contributed by atoms with van der Waals surface area (Å²) in [5.41, 5.74) is -5.95. The molecule has 124 valence electrons. The predicted molar refractivity (Wildman–Crippen MR) is 46.8 cm³/mol. The minimum absolute atomic E-state index is 0.489. The molecular weight excluding hydrogens is 365 g/mol. The smallest absolute Gasteiger partial charge is 0.224 e. The third-order valence-corrected chi connectivity index (χ3v) is 5.92. The molecule has 0 N–H and O–H groups in total. The van der Waals surface area contributed by atoms with Crippen molar-refractivity contribution in [2.75, 3.05) is 0 Å². The van der Waals surface area contributed by atoms with Crippen LogP contribution in [0.1, 0.15) is 6.92 Å². The molecule has 0 amide bonds. The standard InChI is InChI=1S/C6H3F7O6S2/c1-2(7)3(5(10,11)20(14,15)18-2)4(8,9)19-21(16,17)6(3,12)13/h1H3. The highest BCUT2D eigenvalue weighted by Gasteiger charge is 3.03. The van der Waals surface area contributed by atoms with Crippen LogP contribution in [-0.4, -0.2) is 39.3 Å². The zero-order valence-electron chi connectivity index (χ0n) is 9.41. The molecule has 0 radical (unpaired) electrons. The molecule has 0 aromatic rings. The average Bonchev–Trinajstić information content (AvgIpc) is 2.28. The molecule has 2 rings (SSSR count). The second-order valence-electron chi connectivity index (χ2n) is 4.29. The van der Waals surface area contributed by atoms with Crippen LogP contribution in [0.2, 0.25) is 0 Å². The van der Waals surface area contributed by atoms with Crippen molar-refractivity contribution in [2.24, 2.45) is 5.41 Å². The van der Waals surface area contributed by atoms with E-state index < -0.39 is 55.0 Å². The van der Waals surface area contributed by atoms with Gasteiger partial charge in [-0.1, -0.05) is 0 Å². The molecular formula is C6H3F7O6S2. The maximum atomic E-state index is 13.9. The van der Waals surface area contributed by atoms with Crippen LogP contribution in [0.25, 0.3) is 0 Å². The van der Waals surface area contributed by atoms with E-state index in [1.807, 2.05) is 0 Å². The minimum Gasteiger partial charge on any atom is -0.224 e. The Kier molecular flexibility index (Phi) is 2.75. The zero-order valence-corrected chi connectivity index (χ0v) is 11.0. The van der Waals surface area contributed by atoms with Crippen LogP contribution < -0.4 is 0 Å². The average molecular weight is 368 g/mol. The summed E-state index contributed by atoms with van der Waals surface area (Å²) in [4.78, 5) is 0. The number of hydrogen-bond donors (Lipinski definition) is 0. The first-order chi connectivity index (χ1) is 8.91. The van der Waals surface area contributed by atoms with Gasteiger partial charge in [-0.05, 0) is 6.92 Å². The minimum atomic E-state index is -6.76. The van der Waals surface area contributed by atoms with Crippen molar-refractivity contribution < 1.29 is 55.9 Å². The zero-order chi connectivity index (χ0) is 16.9. The predicted octanol–water partition coefficient (Wildman–Crippen LogP) is 1.16. The van der Waals surface area contributed by atoms with Gasteiger partial charge in [-0.15, -0.1) is 0 Å². The van der Waals surface area contributed by atoms with Crippen molar-refractivity contribution in [1.82, 2.24) is 0 Å². The van der Waals surface area contributed by atoms with E-state index in [9.17, 15) is 47.6 Å². The Hall–Kier alpha value is -0.670. The van der Waals surface area contributed by atoms with E-state index in [4.69, 9.17) is 0 Å². The second kappa shape index (κ2) is 3.46. The van der Waals surface area contributed by atoms with Crippen LogP contribution in [-0.2, 0) is 28.6 Å². The fourth-order valence-corrected chi connectivity index (χ4v) is 5.06. The summed E-state index contributed by atoms with van der Waals surface area (Å²) < 4.78 is 145. The maximum Gasteiger partial charge on any atom is 0.397 e. The van der Waals surface area contributed by atoms with Gasteiger partial charge >= 0.3 is 36.9 Å². The van der Waals surface area contributed by atoms with E-state index in [1.165, 1.54) is 0 Å². The van der Waals surface area contributed by atoms with Crippen LogP contribution in [0.5, 0.6) is 0 Å². The molecule has 0 aliphatic carbocycles. The summed E-state index contributed by atoms with van der Waals surface area (Å²) in [6.45, 7) is -0.489. The van der Waals surface area contributed by atoms with E-state index in [0.29, 0.717) is 0 Å². The SMILES string of the molecule is CC1(F)OS(=O)(=O)C(F)(F)C12C(F)(F)OS(=O)(=O)C2(F)F. The summed E-state index contributed by atoms with van der Waals surface area (Å²) in [7, 11) is -13.4. The van der Waals surface area contributed by atoms with Gasteiger partial charge in [-0.25, -0.2) is 8.57 Å². The molecule has 2 atom stereocenters. The van der Waals surface area contributed by atoms with Gasteiger partial charge in [-0.3, -0.25) is 0 Å². The van der Waals surface area contributed by atoms with Crippen LogP contribution in [0, 0.1) is 5.41 Å². The fraction of sp³-hybridized carbons (Fsp3) is 1.00. The van der Waals surface area contributed by atoms with Gasteiger partial charge in [0.1, 0.15) is 0 Å². The third kappa shape index (κ3) is 1.36. The third-order valence-electron chi connectivity index (χ3n) is 3.09. The Labute approximate surface area is 112 Å². The van der Waals surface area contributed by atoms with E-state index in [1.54, 1.807) is 0 Å². The fourth-order valence-electron chi connectivity index (χ4n) is 2.24. The van der Waals surface area contributed by atoms with Crippen LogP contribution in [0.4, 0.5) is 30.7 Å². The molecule has 2 saturated heterocycles. The van der Waals surface area contributed by atoms with Crippen molar-refractivity contribution in [3.05, 3.63) is 0 Å². The summed E-state index contributed by atoms with van der Waals surface area (Å²) >= 11 is 0. The van der Waals surface area contributed by atoms with E-state index in [2.05, 4.69) is 8.37 Å². The van der Waals surface area contributed by atoms with Crippen molar-refractivity contribution in [1.29, 1.82) is 0 Å². The molecule has 1 spiro atoms. The normalized spacial score (nSPS) is 45.0. The maximum absolute atomic E-state index is 13.9. The van der Waals surface area contributed by atoms with Gasteiger partial charge in [0.25, 0.3) is 11.3 Å². The molecule has 0 saturated carbocycles.